The molecule has 0 saturated heterocycles. The number of halogens is 3. The van der Waals surface area contributed by atoms with Crippen molar-refractivity contribution in [1.29, 1.82) is 0 Å². The summed E-state index contributed by atoms with van der Waals surface area (Å²) in [5.41, 5.74) is 1.57. The molecule has 2 aromatic rings. The lowest BCUT2D eigenvalue weighted by Gasteiger charge is -2.12. The minimum atomic E-state index is -4.31. The minimum Gasteiger partial charge on any atom is -0.379 e. The van der Waals surface area contributed by atoms with Crippen LogP contribution >= 0.6 is 0 Å². The molecule has 0 bridgehead atoms. The molecule has 0 radical (unpaired) electrons. The summed E-state index contributed by atoms with van der Waals surface area (Å²) in [6.07, 6.45) is -2.54. The van der Waals surface area contributed by atoms with Crippen molar-refractivity contribution in [3.8, 4) is 0 Å². The quantitative estimate of drug-likeness (QED) is 0.852. The predicted molar refractivity (Wildman–Crippen MR) is 64.3 cm³/mol. The molecule has 0 fully saturated rings. The van der Waals surface area contributed by atoms with Crippen molar-refractivity contribution in [3.05, 3.63) is 53.3 Å². The molecule has 18 heavy (non-hydrogen) atoms. The Morgan fingerprint density at radius 1 is 1.22 bits per heavy atom. The molecule has 1 heterocycles. The van der Waals surface area contributed by atoms with Crippen LogP contribution in [0.2, 0.25) is 0 Å². The lowest BCUT2D eigenvalue weighted by molar-refractivity contribution is -0.137. The Balaban J connectivity index is 2.16. The first-order valence-electron chi connectivity index (χ1n) is 5.51. The molecular formula is C13H13F3N2. The molecule has 0 unspecified atom stereocenters. The molecule has 96 valence electrons. The van der Waals surface area contributed by atoms with Gasteiger partial charge in [0.1, 0.15) is 0 Å². The third kappa shape index (κ3) is 2.85. The van der Waals surface area contributed by atoms with E-state index in [1.54, 1.807) is 13.1 Å². The average molecular weight is 254 g/mol. The summed E-state index contributed by atoms with van der Waals surface area (Å²) in [6.45, 7) is 2.24. The van der Waals surface area contributed by atoms with E-state index < -0.39 is 11.7 Å². The Morgan fingerprint density at radius 3 is 2.61 bits per heavy atom. The van der Waals surface area contributed by atoms with Crippen molar-refractivity contribution < 1.29 is 13.2 Å². The normalized spacial score (nSPS) is 11.6. The lowest BCUT2D eigenvalue weighted by Crippen LogP contribution is -2.07. The highest BCUT2D eigenvalue weighted by molar-refractivity contribution is 5.53. The summed E-state index contributed by atoms with van der Waals surface area (Å²) >= 11 is 0. The number of alkyl halides is 3. The van der Waals surface area contributed by atoms with Crippen molar-refractivity contribution in [3.63, 3.8) is 0 Å². The van der Waals surface area contributed by atoms with Crippen LogP contribution in [0, 0.1) is 6.92 Å². The molecule has 2 rings (SSSR count). The molecule has 0 aliphatic heterocycles. The Bertz CT molecular complexity index is 516. The van der Waals surface area contributed by atoms with Crippen molar-refractivity contribution in [2.24, 2.45) is 0 Å². The zero-order chi connectivity index (χ0) is 13.2. The second-order valence-electron chi connectivity index (χ2n) is 4.08. The lowest BCUT2D eigenvalue weighted by atomic mass is 10.1. The average Bonchev–Trinajstić information content (AvgIpc) is 2.79. The summed E-state index contributed by atoms with van der Waals surface area (Å²) < 4.78 is 37.7. The van der Waals surface area contributed by atoms with Crippen molar-refractivity contribution in [2.45, 2.75) is 19.6 Å². The van der Waals surface area contributed by atoms with E-state index in [1.807, 2.05) is 12.1 Å². The third-order valence-electron chi connectivity index (χ3n) is 2.70. The van der Waals surface area contributed by atoms with E-state index in [9.17, 15) is 13.2 Å². The molecule has 1 aromatic heterocycles. The van der Waals surface area contributed by atoms with Crippen molar-refractivity contribution >= 4 is 5.69 Å². The molecule has 2 N–H and O–H groups in total. The maximum Gasteiger partial charge on any atom is 0.416 e. The van der Waals surface area contributed by atoms with E-state index in [0.717, 1.165) is 23.4 Å². The Morgan fingerprint density at radius 2 is 2.00 bits per heavy atom. The second-order valence-corrected chi connectivity index (χ2v) is 4.08. The van der Waals surface area contributed by atoms with Gasteiger partial charge in [0.15, 0.2) is 0 Å². The summed E-state index contributed by atoms with van der Waals surface area (Å²) in [5, 5.41) is 3.00. The monoisotopic (exact) mass is 254 g/mol. The van der Waals surface area contributed by atoms with Gasteiger partial charge in [-0.3, -0.25) is 0 Å². The maximum atomic E-state index is 12.6. The summed E-state index contributed by atoms with van der Waals surface area (Å²) in [5.74, 6) is 0. The fraction of sp³-hybridized carbons (Fsp3) is 0.231. The predicted octanol–water partition coefficient (Wildman–Crippen LogP) is 3.95. The first-order chi connectivity index (χ1) is 8.47. The van der Waals surface area contributed by atoms with E-state index in [4.69, 9.17) is 0 Å². The third-order valence-corrected chi connectivity index (χ3v) is 2.70. The van der Waals surface area contributed by atoms with Crippen LogP contribution in [0.25, 0.3) is 0 Å². The van der Waals surface area contributed by atoms with E-state index >= 15 is 0 Å². The van der Waals surface area contributed by atoms with Gasteiger partial charge >= 0.3 is 6.18 Å². The molecule has 1 aromatic carbocycles. The minimum absolute atomic E-state index is 0.467. The maximum absolute atomic E-state index is 12.6. The van der Waals surface area contributed by atoms with Crippen LogP contribution < -0.4 is 5.32 Å². The number of H-pyrrole nitrogens is 1. The van der Waals surface area contributed by atoms with Gasteiger partial charge in [0.05, 0.1) is 12.1 Å². The molecule has 0 aliphatic rings. The smallest absolute Gasteiger partial charge is 0.379 e. The number of hydrogen-bond acceptors (Lipinski definition) is 1. The Hall–Kier alpha value is -1.91. The van der Waals surface area contributed by atoms with Crippen molar-refractivity contribution in [1.82, 2.24) is 4.98 Å². The molecular weight excluding hydrogens is 241 g/mol. The summed E-state index contributed by atoms with van der Waals surface area (Å²) in [7, 11) is 0. The first kappa shape index (κ1) is 12.5. The van der Waals surface area contributed by atoms with Gasteiger partial charge in [-0.15, -0.1) is 0 Å². The SMILES string of the molecule is Cc1ccc(C(F)(F)F)cc1NCc1ccc[nH]1. The van der Waals surface area contributed by atoms with Crippen molar-refractivity contribution in [2.75, 3.05) is 5.32 Å². The van der Waals surface area contributed by atoms with Gasteiger partial charge in [-0.25, -0.2) is 0 Å². The molecule has 2 nitrogen and oxygen atoms in total. The van der Waals surface area contributed by atoms with Crippen LogP contribution in [0.5, 0.6) is 0 Å². The number of anilines is 1. The number of aryl methyl sites for hydroxylation is 1. The van der Waals surface area contributed by atoms with Gasteiger partial charge in [-0.2, -0.15) is 13.2 Å². The number of rotatable bonds is 3. The highest BCUT2D eigenvalue weighted by Crippen LogP contribution is 2.32. The molecule has 0 saturated carbocycles. The van der Waals surface area contributed by atoms with Crippen LogP contribution in [0.3, 0.4) is 0 Å². The van der Waals surface area contributed by atoms with Gasteiger partial charge in [0.2, 0.25) is 0 Å². The number of nitrogens with one attached hydrogen (secondary N) is 2. The van der Waals surface area contributed by atoms with E-state index in [2.05, 4.69) is 10.3 Å². The van der Waals surface area contributed by atoms with E-state index in [1.165, 1.54) is 6.07 Å². The van der Waals surface area contributed by atoms with Crippen LogP contribution in [-0.4, -0.2) is 4.98 Å². The largest absolute Gasteiger partial charge is 0.416 e. The molecule has 0 aliphatic carbocycles. The van der Waals surface area contributed by atoms with Gasteiger partial charge in [-0.1, -0.05) is 6.07 Å². The van der Waals surface area contributed by atoms with Crippen LogP contribution in [-0.2, 0) is 12.7 Å². The van der Waals surface area contributed by atoms with Crippen LogP contribution in [0.15, 0.2) is 36.5 Å². The zero-order valence-electron chi connectivity index (χ0n) is 9.81. The van der Waals surface area contributed by atoms with Crippen LogP contribution in [0.4, 0.5) is 18.9 Å². The fourth-order valence-electron chi connectivity index (χ4n) is 1.66. The van der Waals surface area contributed by atoms with Gasteiger partial charge in [-0.05, 0) is 36.8 Å². The fourth-order valence-corrected chi connectivity index (χ4v) is 1.66. The van der Waals surface area contributed by atoms with Crippen LogP contribution in [0.1, 0.15) is 16.8 Å². The highest BCUT2D eigenvalue weighted by atomic mass is 19.4. The number of benzene rings is 1. The van der Waals surface area contributed by atoms with Gasteiger partial charge < -0.3 is 10.3 Å². The van der Waals surface area contributed by atoms with E-state index in [0.29, 0.717) is 12.2 Å². The summed E-state index contributed by atoms with van der Waals surface area (Å²) in [6, 6.07) is 7.42. The topological polar surface area (TPSA) is 27.8 Å². The molecule has 0 amide bonds. The van der Waals surface area contributed by atoms with E-state index in [-0.39, 0.29) is 0 Å². The molecule has 0 atom stereocenters. The molecule has 5 heteroatoms. The van der Waals surface area contributed by atoms with Gasteiger partial charge in [0, 0.05) is 17.6 Å². The Labute approximate surface area is 103 Å². The zero-order valence-corrected chi connectivity index (χ0v) is 9.81. The first-order valence-corrected chi connectivity index (χ1v) is 5.51. The standard InChI is InChI=1S/C13H13F3N2/c1-9-4-5-10(13(14,15)16)7-12(9)18-8-11-3-2-6-17-11/h2-7,17-18H,8H2,1H3. The summed E-state index contributed by atoms with van der Waals surface area (Å²) in [4.78, 5) is 2.99. The second kappa shape index (κ2) is 4.76. The Kier molecular flexibility index (Phi) is 3.32. The number of aromatic amines is 1. The number of aromatic nitrogens is 1. The molecule has 0 spiro atoms. The number of hydrogen-bond donors (Lipinski definition) is 2. The highest BCUT2D eigenvalue weighted by Gasteiger charge is 2.30. The van der Waals surface area contributed by atoms with Gasteiger partial charge in [0.25, 0.3) is 0 Å².